The van der Waals surface area contributed by atoms with Crippen molar-refractivity contribution in [3.05, 3.63) is 83.2 Å². The summed E-state index contributed by atoms with van der Waals surface area (Å²) in [5, 5.41) is 7.01. The molecule has 0 aliphatic carbocycles. The van der Waals surface area contributed by atoms with Crippen LogP contribution in [0.5, 0.6) is 0 Å². The van der Waals surface area contributed by atoms with Crippen molar-refractivity contribution in [3.63, 3.8) is 0 Å². The normalized spacial score (nSPS) is 11.7. The molecule has 3 aromatic rings. The molecule has 1 N–H and O–H groups in total. The molecular weight excluding hydrogens is 354 g/mol. The Balaban J connectivity index is 1.55. The summed E-state index contributed by atoms with van der Waals surface area (Å²) in [5.74, 6) is -0.876. The first-order valence-corrected chi connectivity index (χ1v) is 9.09. The van der Waals surface area contributed by atoms with Crippen LogP contribution in [-0.4, -0.2) is 27.8 Å². The fourth-order valence-corrected chi connectivity index (χ4v) is 2.70. The number of carbonyl (C=O) groups is 2. The molecule has 0 unspecified atom stereocenters. The summed E-state index contributed by atoms with van der Waals surface area (Å²) in [5.41, 5.74) is 4.37. The Kier molecular flexibility index (Phi) is 5.89. The van der Waals surface area contributed by atoms with Crippen molar-refractivity contribution >= 4 is 11.9 Å². The second-order valence-electron chi connectivity index (χ2n) is 6.68. The SMILES string of the molecule is Cc1ccc(CNC(=O)[C@@H](C)OC(=O)c2ccc(-n3nccc3C)cc2)cc1. The summed E-state index contributed by atoms with van der Waals surface area (Å²) in [6.45, 7) is 5.90. The molecule has 6 nitrogen and oxygen atoms in total. The summed E-state index contributed by atoms with van der Waals surface area (Å²) in [6, 6.07) is 16.7. The van der Waals surface area contributed by atoms with Crippen LogP contribution in [-0.2, 0) is 16.1 Å². The van der Waals surface area contributed by atoms with Gasteiger partial charge in [-0.3, -0.25) is 4.79 Å². The van der Waals surface area contributed by atoms with Gasteiger partial charge < -0.3 is 10.1 Å². The van der Waals surface area contributed by atoms with Crippen molar-refractivity contribution in [1.82, 2.24) is 15.1 Å². The van der Waals surface area contributed by atoms with Crippen molar-refractivity contribution < 1.29 is 14.3 Å². The van der Waals surface area contributed by atoms with Gasteiger partial charge in [-0.15, -0.1) is 0 Å². The molecule has 1 aromatic heterocycles. The highest BCUT2D eigenvalue weighted by Crippen LogP contribution is 2.13. The second-order valence-corrected chi connectivity index (χ2v) is 6.68. The molecule has 0 aliphatic heterocycles. The Labute approximate surface area is 164 Å². The number of benzene rings is 2. The van der Waals surface area contributed by atoms with E-state index in [4.69, 9.17) is 4.74 Å². The van der Waals surface area contributed by atoms with E-state index in [2.05, 4.69) is 10.4 Å². The first-order valence-electron chi connectivity index (χ1n) is 9.09. The number of hydrogen-bond donors (Lipinski definition) is 1. The number of hydrogen-bond acceptors (Lipinski definition) is 4. The van der Waals surface area contributed by atoms with E-state index in [-0.39, 0.29) is 5.91 Å². The third-order valence-corrected chi connectivity index (χ3v) is 4.42. The Morgan fingerprint density at radius 1 is 1.04 bits per heavy atom. The first kappa shape index (κ1) is 19.4. The van der Waals surface area contributed by atoms with Crippen molar-refractivity contribution in [3.8, 4) is 5.69 Å². The maximum Gasteiger partial charge on any atom is 0.338 e. The van der Waals surface area contributed by atoms with Gasteiger partial charge in [0.2, 0.25) is 0 Å². The number of aryl methyl sites for hydroxylation is 2. The van der Waals surface area contributed by atoms with Crippen molar-refractivity contribution in [2.75, 3.05) is 0 Å². The topological polar surface area (TPSA) is 73.2 Å². The molecule has 1 amide bonds. The maximum atomic E-state index is 12.3. The van der Waals surface area contributed by atoms with Crippen LogP contribution in [0.3, 0.4) is 0 Å². The number of carbonyl (C=O) groups excluding carboxylic acids is 2. The van der Waals surface area contributed by atoms with E-state index >= 15 is 0 Å². The molecule has 3 rings (SSSR count). The molecule has 0 fully saturated rings. The molecular formula is C22H23N3O3. The monoisotopic (exact) mass is 377 g/mol. The smallest absolute Gasteiger partial charge is 0.338 e. The number of rotatable bonds is 6. The van der Waals surface area contributed by atoms with E-state index in [1.807, 2.05) is 44.2 Å². The van der Waals surface area contributed by atoms with Crippen LogP contribution in [0.1, 0.15) is 34.1 Å². The quantitative estimate of drug-likeness (QED) is 0.669. The summed E-state index contributed by atoms with van der Waals surface area (Å²) in [7, 11) is 0. The van der Waals surface area contributed by atoms with Crippen LogP contribution in [0.2, 0.25) is 0 Å². The van der Waals surface area contributed by atoms with Crippen LogP contribution >= 0.6 is 0 Å². The van der Waals surface area contributed by atoms with E-state index in [1.165, 1.54) is 0 Å². The number of amides is 1. The highest BCUT2D eigenvalue weighted by Gasteiger charge is 2.18. The van der Waals surface area contributed by atoms with Crippen molar-refractivity contribution in [2.45, 2.75) is 33.4 Å². The zero-order valence-electron chi connectivity index (χ0n) is 16.2. The summed E-state index contributed by atoms with van der Waals surface area (Å²) in [6.07, 6.45) is 0.833. The summed E-state index contributed by atoms with van der Waals surface area (Å²) < 4.78 is 7.06. The Bertz CT molecular complexity index is 959. The lowest BCUT2D eigenvalue weighted by atomic mass is 10.1. The maximum absolute atomic E-state index is 12.3. The van der Waals surface area contributed by atoms with Gasteiger partial charge in [0, 0.05) is 18.4 Å². The lowest BCUT2D eigenvalue weighted by Gasteiger charge is -2.14. The number of nitrogens with one attached hydrogen (secondary N) is 1. The van der Waals surface area contributed by atoms with Crippen molar-refractivity contribution in [2.24, 2.45) is 0 Å². The minimum absolute atomic E-state index is 0.335. The molecule has 6 heteroatoms. The Morgan fingerprint density at radius 3 is 2.32 bits per heavy atom. The van der Waals surface area contributed by atoms with Crippen LogP contribution < -0.4 is 5.32 Å². The molecule has 28 heavy (non-hydrogen) atoms. The van der Waals surface area contributed by atoms with Crippen LogP contribution in [0.15, 0.2) is 60.8 Å². The molecule has 144 valence electrons. The fourth-order valence-electron chi connectivity index (χ4n) is 2.70. The van der Waals surface area contributed by atoms with Gasteiger partial charge in [0.05, 0.1) is 11.3 Å². The largest absolute Gasteiger partial charge is 0.449 e. The second kappa shape index (κ2) is 8.52. The molecule has 1 heterocycles. The average molecular weight is 377 g/mol. The Hall–Kier alpha value is -3.41. The van der Waals surface area contributed by atoms with Gasteiger partial charge in [0.25, 0.3) is 5.91 Å². The minimum Gasteiger partial charge on any atom is -0.449 e. The molecule has 0 spiro atoms. The van der Waals surface area contributed by atoms with E-state index in [0.29, 0.717) is 12.1 Å². The van der Waals surface area contributed by atoms with E-state index in [0.717, 1.165) is 22.5 Å². The van der Waals surface area contributed by atoms with Crippen molar-refractivity contribution in [1.29, 1.82) is 0 Å². The number of aromatic nitrogens is 2. The van der Waals surface area contributed by atoms with Gasteiger partial charge in [-0.2, -0.15) is 5.10 Å². The van der Waals surface area contributed by atoms with Gasteiger partial charge in [-0.05, 0) is 56.7 Å². The molecule has 0 aliphatic rings. The predicted molar refractivity (Wildman–Crippen MR) is 106 cm³/mol. The van der Waals surface area contributed by atoms with Gasteiger partial charge >= 0.3 is 5.97 Å². The van der Waals surface area contributed by atoms with E-state index < -0.39 is 12.1 Å². The minimum atomic E-state index is -0.883. The number of esters is 1. The zero-order valence-corrected chi connectivity index (χ0v) is 16.2. The molecule has 0 radical (unpaired) electrons. The molecule has 0 saturated heterocycles. The van der Waals surface area contributed by atoms with Gasteiger partial charge in [-0.1, -0.05) is 29.8 Å². The molecule has 2 aromatic carbocycles. The Morgan fingerprint density at radius 2 is 1.71 bits per heavy atom. The highest BCUT2D eigenvalue weighted by atomic mass is 16.5. The standard InChI is InChI=1S/C22H23N3O3/c1-15-4-6-18(7-5-15)14-23-21(26)17(3)28-22(27)19-8-10-20(11-9-19)25-16(2)12-13-24-25/h4-13,17H,14H2,1-3H3,(H,23,26)/t17-/m1/s1. The predicted octanol–water partition coefficient (Wildman–Crippen LogP) is 3.35. The highest BCUT2D eigenvalue weighted by molar-refractivity contribution is 5.92. The number of nitrogens with zero attached hydrogens (tertiary/aromatic N) is 2. The van der Waals surface area contributed by atoms with Crippen LogP contribution in [0.25, 0.3) is 5.69 Å². The van der Waals surface area contributed by atoms with Gasteiger partial charge in [0.15, 0.2) is 6.10 Å². The van der Waals surface area contributed by atoms with Crippen LogP contribution in [0, 0.1) is 13.8 Å². The zero-order chi connectivity index (χ0) is 20.1. The van der Waals surface area contributed by atoms with Crippen LogP contribution in [0.4, 0.5) is 0 Å². The molecule has 0 bridgehead atoms. The lowest BCUT2D eigenvalue weighted by Crippen LogP contribution is -2.35. The fraction of sp³-hybridized carbons (Fsp3) is 0.227. The first-order chi connectivity index (χ1) is 13.4. The molecule has 1 atom stereocenters. The third kappa shape index (κ3) is 4.65. The number of ether oxygens (including phenoxy) is 1. The van der Waals surface area contributed by atoms with E-state index in [1.54, 1.807) is 42.1 Å². The average Bonchev–Trinajstić information content (AvgIpc) is 3.13. The van der Waals surface area contributed by atoms with E-state index in [9.17, 15) is 9.59 Å². The summed E-state index contributed by atoms with van der Waals surface area (Å²) in [4.78, 5) is 24.5. The van der Waals surface area contributed by atoms with Gasteiger partial charge in [-0.25, -0.2) is 9.48 Å². The lowest BCUT2D eigenvalue weighted by molar-refractivity contribution is -0.129. The molecule has 0 saturated carbocycles. The third-order valence-electron chi connectivity index (χ3n) is 4.42. The van der Waals surface area contributed by atoms with Gasteiger partial charge in [0.1, 0.15) is 0 Å². The summed E-state index contributed by atoms with van der Waals surface area (Å²) >= 11 is 0.